The highest BCUT2D eigenvalue weighted by Gasteiger charge is 2.43. The Balaban J connectivity index is 1.32. The van der Waals surface area contributed by atoms with E-state index in [1.54, 1.807) is 0 Å². The van der Waals surface area contributed by atoms with Gasteiger partial charge in [0.1, 0.15) is 0 Å². The molecule has 0 radical (unpaired) electrons. The summed E-state index contributed by atoms with van der Waals surface area (Å²) in [4.78, 5) is 2.73. The molecule has 4 rings (SSSR count). The molecule has 3 heteroatoms. The number of rotatable bonds is 2. The molecule has 3 aliphatic heterocycles. The zero-order chi connectivity index (χ0) is 14.2. The molecule has 2 unspecified atom stereocenters. The first-order valence-corrected chi connectivity index (χ1v) is 9.39. The van der Waals surface area contributed by atoms with Crippen LogP contribution in [0, 0.1) is 5.41 Å². The van der Waals surface area contributed by atoms with Crippen molar-refractivity contribution in [2.75, 3.05) is 32.7 Å². The third kappa shape index (κ3) is 3.02. The molecule has 0 bridgehead atoms. The normalized spacial score (nSPS) is 40.3. The molecule has 1 aliphatic carbocycles. The summed E-state index contributed by atoms with van der Waals surface area (Å²) in [6, 6.07) is 0. The summed E-state index contributed by atoms with van der Waals surface area (Å²) in [5, 5.41) is 3.64. The van der Waals surface area contributed by atoms with Crippen LogP contribution in [0.2, 0.25) is 0 Å². The zero-order valence-corrected chi connectivity index (χ0v) is 13.5. The van der Waals surface area contributed by atoms with Gasteiger partial charge in [-0.25, -0.2) is 0 Å². The number of piperidine rings is 2. The Morgan fingerprint density at radius 2 is 1.86 bits per heavy atom. The van der Waals surface area contributed by atoms with Crippen molar-refractivity contribution in [2.45, 2.75) is 75.9 Å². The molecule has 0 aromatic rings. The van der Waals surface area contributed by atoms with Crippen LogP contribution >= 0.6 is 0 Å². The standard InChI is InChI=1S/C18H32N2O/c1-2-9-18(8-1)10-5-16(21-18)13-20-12-4-7-17(15-20)6-3-11-19-14-17/h16,19H,1-15H2. The summed E-state index contributed by atoms with van der Waals surface area (Å²) in [6.45, 7) is 6.29. The molecule has 120 valence electrons. The molecule has 3 heterocycles. The number of nitrogens with one attached hydrogen (secondary N) is 1. The van der Waals surface area contributed by atoms with Crippen LogP contribution in [0.4, 0.5) is 0 Å². The Hall–Kier alpha value is -0.120. The fraction of sp³-hybridized carbons (Fsp3) is 1.00. The molecular weight excluding hydrogens is 260 g/mol. The lowest BCUT2D eigenvalue weighted by molar-refractivity contribution is -0.0564. The lowest BCUT2D eigenvalue weighted by Crippen LogP contribution is -2.52. The summed E-state index contributed by atoms with van der Waals surface area (Å²) in [5.74, 6) is 0. The van der Waals surface area contributed by atoms with E-state index in [1.807, 2.05) is 0 Å². The second kappa shape index (κ2) is 5.82. The van der Waals surface area contributed by atoms with Crippen molar-refractivity contribution < 1.29 is 4.74 Å². The van der Waals surface area contributed by atoms with Gasteiger partial charge in [0.2, 0.25) is 0 Å². The monoisotopic (exact) mass is 292 g/mol. The lowest BCUT2D eigenvalue weighted by atomic mass is 9.74. The van der Waals surface area contributed by atoms with Crippen LogP contribution in [0.1, 0.15) is 64.2 Å². The van der Waals surface area contributed by atoms with Crippen molar-refractivity contribution in [1.29, 1.82) is 0 Å². The van der Waals surface area contributed by atoms with E-state index < -0.39 is 0 Å². The fourth-order valence-corrected chi connectivity index (χ4v) is 5.54. The van der Waals surface area contributed by atoms with Crippen molar-refractivity contribution in [3.8, 4) is 0 Å². The van der Waals surface area contributed by atoms with Crippen molar-refractivity contribution in [3.05, 3.63) is 0 Å². The van der Waals surface area contributed by atoms with Gasteiger partial charge in [0.25, 0.3) is 0 Å². The van der Waals surface area contributed by atoms with Gasteiger partial charge < -0.3 is 15.0 Å². The molecule has 2 atom stereocenters. The van der Waals surface area contributed by atoms with Crippen LogP contribution < -0.4 is 5.32 Å². The maximum atomic E-state index is 6.53. The van der Waals surface area contributed by atoms with Crippen molar-refractivity contribution in [2.24, 2.45) is 5.41 Å². The Morgan fingerprint density at radius 3 is 2.67 bits per heavy atom. The molecule has 4 aliphatic rings. The summed E-state index contributed by atoms with van der Waals surface area (Å²) in [7, 11) is 0. The minimum absolute atomic E-state index is 0.310. The predicted octanol–water partition coefficient (Wildman–Crippen LogP) is 2.94. The van der Waals surface area contributed by atoms with Crippen LogP contribution in [0.15, 0.2) is 0 Å². The van der Waals surface area contributed by atoms with Crippen molar-refractivity contribution >= 4 is 0 Å². The van der Waals surface area contributed by atoms with Crippen molar-refractivity contribution in [1.82, 2.24) is 10.2 Å². The van der Waals surface area contributed by atoms with E-state index >= 15 is 0 Å². The quantitative estimate of drug-likeness (QED) is 0.847. The second-order valence-corrected chi connectivity index (χ2v) is 8.29. The van der Waals surface area contributed by atoms with Gasteiger partial charge in [-0.05, 0) is 69.9 Å². The Labute approximate surface area is 129 Å². The first-order valence-electron chi connectivity index (χ1n) is 9.39. The molecule has 2 spiro atoms. The zero-order valence-electron chi connectivity index (χ0n) is 13.5. The van der Waals surface area contributed by atoms with E-state index in [2.05, 4.69) is 10.2 Å². The van der Waals surface area contributed by atoms with Gasteiger partial charge >= 0.3 is 0 Å². The highest BCUT2D eigenvalue weighted by Crippen LogP contribution is 2.44. The van der Waals surface area contributed by atoms with Crippen LogP contribution in [-0.4, -0.2) is 49.3 Å². The third-order valence-corrected chi connectivity index (χ3v) is 6.62. The van der Waals surface area contributed by atoms with E-state index in [0.717, 1.165) is 0 Å². The van der Waals surface area contributed by atoms with Gasteiger partial charge in [-0.15, -0.1) is 0 Å². The SMILES string of the molecule is C1CNCC2(C1)CCCN(CC1CCC3(CCCC3)O1)C2. The first kappa shape index (κ1) is 14.5. The molecule has 3 nitrogen and oxygen atoms in total. The minimum atomic E-state index is 0.310. The van der Waals surface area contributed by atoms with Gasteiger partial charge in [0.15, 0.2) is 0 Å². The van der Waals surface area contributed by atoms with E-state index in [9.17, 15) is 0 Å². The van der Waals surface area contributed by atoms with Gasteiger partial charge in [-0.3, -0.25) is 0 Å². The highest BCUT2D eigenvalue weighted by molar-refractivity contribution is 4.96. The summed E-state index contributed by atoms with van der Waals surface area (Å²) in [6.07, 6.45) is 14.2. The van der Waals surface area contributed by atoms with Crippen LogP contribution in [-0.2, 0) is 4.74 Å². The van der Waals surface area contributed by atoms with Crippen molar-refractivity contribution in [3.63, 3.8) is 0 Å². The average Bonchev–Trinajstić information content (AvgIpc) is 3.11. The molecule has 0 aromatic heterocycles. The summed E-state index contributed by atoms with van der Waals surface area (Å²) < 4.78 is 6.53. The number of likely N-dealkylation sites (tertiary alicyclic amines) is 1. The summed E-state index contributed by atoms with van der Waals surface area (Å²) in [5.41, 5.74) is 0.894. The lowest BCUT2D eigenvalue weighted by Gasteiger charge is -2.46. The van der Waals surface area contributed by atoms with Gasteiger partial charge in [-0.1, -0.05) is 12.8 Å². The molecule has 1 N–H and O–H groups in total. The fourth-order valence-electron chi connectivity index (χ4n) is 5.54. The molecule has 3 saturated heterocycles. The first-order chi connectivity index (χ1) is 10.3. The van der Waals surface area contributed by atoms with E-state index in [0.29, 0.717) is 17.1 Å². The maximum Gasteiger partial charge on any atom is 0.0710 e. The number of ether oxygens (including phenoxy) is 1. The Kier molecular flexibility index (Phi) is 4.01. The highest BCUT2D eigenvalue weighted by atomic mass is 16.5. The number of hydrogen-bond donors (Lipinski definition) is 1. The number of hydrogen-bond acceptors (Lipinski definition) is 3. The topological polar surface area (TPSA) is 24.5 Å². The van der Waals surface area contributed by atoms with Gasteiger partial charge in [-0.2, -0.15) is 0 Å². The van der Waals surface area contributed by atoms with Crippen LogP contribution in [0.5, 0.6) is 0 Å². The molecule has 4 fully saturated rings. The molecule has 0 amide bonds. The van der Waals surface area contributed by atoms with E-state index in [1.165, 1.54) is 96.9 Å². The molecular formula is C18H32N2O. The number of nitrogens with zero attached hydrogens (tertiary/aromatic N) is 1. The minimum Gasteiger partial charge on any atom is -0.370 e. The van der Waals surface area contributed by atoms with E-state index in [4.69, 9.17) is 4.74 Å². The maximum absolute atomic E-state index is 6.53. The van der Waals surface area contributed by atoms with Gasteiger partial charge in [0, 0.05) is 19.6 Å². The predicted molar refractivity (Wildman–Crippen MR) is 85.5 cm³/mol. The summed E-state index contributed by atoms with van der Waals surface area (Å²) >= 11 is 0. The van der Waals surface area contributed by atoms with Crippen LogP contribution in [0.3, 0.4) is 0 Å². The van der Waals surface area contributed by atoms with E-state index in [-0.39, 0.29) is 0 Å². The van der Waals surface area contributed by atoms with Gasteiger partial charge in [0.05, 0.1) is 11.7 Å². The second-order valence-electron chi connectivity index (χ2n) is 8.29. The molecule has 0 aromatic carbocycles. The third-order valence-electron chi connectivity index (χ3n) is 6.62. The largest absolute Gasteiger partial charge is 0.370 e. The molecule has 1 saturated carbocycles. The van der Waals surface area contributed by atoms with Crippen LogP contribution in [0.25, 0.3) is 0 Å². The smallest absolute Gasteiger partial charge is 0.0710 e. The Morgan fingerprint density at radius 1 is 1.00 bits per heavy atom. The average molecular weight is 292 g/mol. The molecule has 21 heavy (non-hydrogen) atoms. The Bertz CT molecular complexity index is 353.